The Morgan fingerprint density at radius 2 is 2.09 bits per heavy atom. The quantitative estimate of drug-likeness (QED) is 0.431. The first-order valence-electron chi connectivity index (χ1n) is 8.48. The maximum Gasteiger partial charge on any atom is 0.191 e. The lowest BCUT2D eigenvalue weighted by Gasteiger charge is -2.17. The van der Waals surface area contributed by atoms with Crippen LogP contribution < -0.4 is 10.6 Å². The van der Waals surface area contributed by atoms with Crippen molar-refractivity contribution < 1.29 is 0 Å². The van der Waals surface area contributed by atoms with Gasteiger partial charge in [0.05, 0.1) is 0 Å². The lowest BCUT2D eigenvalue weighted by Crippen LogP contribution is -2.40. The fourth-order valence-electron chi connectivity index (χ4n) is 3.27. The summed E-state index contributed by atoms with van der Waals surface area (Å²) in [5.41, 5.74) is 2.59. The molecule has 0 aromatic heterocycles. The minimum Gasteiger partial charge on any atom is -0.356 e. The average molecular weight is 428 g/mol. The summed E-state index contributed by atoms with van der Waals surface area (Å²) in [6.45, 7) is 6.51. The molecule has 0 amide bonds. The van der Waals surface area contributed by atoms with E-state index in [0.717, 1.165) is 31.0 Å². The number of likely N-dealkylation sites (tertiary alicyclic amines) is 1. The molecular weight excluding hydrogens is 399 g/mol. The third kappa shape index (κ3) is 5.64. The first-order valence-corrected chi connectivity index (χ1v) is 8.48. The zero-order chi connectivity index (χ0) is 15.4. The Labute approximate surface area is 157 Å². The number of aliphatic imine (C=N–C) groups is 1. The predicted molar refractivity (Wildman–Crippen MR) is 107 cm³/mol. The van der Waals surface area contributed by atoms with Crippen molar-refractivity contribution in [3.8, 4) is 0 Å². The smallest absolute Gasteiger partial charge is 0.191 e. The van der Waals surface area contributed by atoms with Crippen LogP contribution in [0, 0.1) is 12.8 Å². The lowest BCUT2D eigenvalue weighted by atomic mass is 10.1. The number of hydrogen-bond donors (Lipinski definition) is 2. The highest BCUT2D eigenvalue weighted by molar-refractivity contribution is 14.0. The molecule has 2 fully saturated rings. The summed E-state index contributed by atoms with van der Waals surface area (Å²) in [7, 11) is 1.84. The van der Waals surface area contributed by atoms with Crippen molar-refractivity contribution in [2.24, 2.45) is 10.9 Å². The number of halogens is 1. The molecule has 1 aromatic rings. The number of hydrogen-bond acceptors (Lipinski definition) is 2. The fraction of sp³-hybridized carbons (Fsp3) is 0.611. The van der Waals surface area contributed by atoms with Crippen LogP contribution in [-0.4, -0.2) is 43.6 Å². The standard InChI is InChI=1S/C18H28N4.HI/c1-14-4-3-5-15(10-14)11-20-18(19-2)21-12-16-8-9-22(13-16)17-6-7-17;/h3-5,10,16-17H,6-9,11-13H2,1-2H3,(H2,19,20,21);1H. The molecule has 1 unspecified atom stereocenters. The van der Waals surface area contributed by atoms with Crippen molar-refractivity contribution in [1.82, 2.24) is 15.5 Å². The molecule has 1 aliphatic heterocycles. The van der Waals surface area contributed by atoms with Crippen molar-refractivity contribution in [2.45, 2.75) is 38.8 Å². The van der Waals surface area contributed by atoms with Crippen LogP contribution in [0.1, 0.15) is 30.4 Å². The van der Waals surface area contributed by atoms with E-state index in [2.05, 4.69) is 51.7 Å². The summed E-state index contributed by atoms with van der Waals surface area (Å²) in [4.78, 5) is 7.00. The van der Waals surface area contributed by atoms with Gasteiger partial charge in [-0.2, -0.15) is 0 Å². The van der Waals surface area contributed by atoms with E-state index in [1.165, 1.54) is 43.5 Å². The molecule has 4 nitrogen and oxygen atoms in total. The normalized spacial score (nSPS) is 21.8. The Bertz CT molecular complexity index is 528. The van der Waals surface area contributed by atoms with Crippen LogP contribution >= 0.6 is 24.0 Å². The monoisotopic (exact) mass is 428 g/mol. The molecule has 1 aromatic carbocycles. The third-order valence-electron chi connectivity index (χ3n) is 4.70. The van der Waals surface area contributed by atoms with Gasteiger partial charge >= 0.3 is 0 Å². The summed E-state index contributed by atoms with van der Waals surface area (Å²) in [6, 6.07) is 9.50. The average Bonchev–Trinajstić information content (AvgIpc) is 3.27. The van der Waals surface area contributed by atoms with Gasteiger partial charge in [0.1, 0.15) is 0 Å². The molecule has 3 rings (SSSR count). The van der Waals surface area contributed by atoms with Gasteiger partial charge in [-0.1, -0.05) is 29.8 Å². The van der Waals surface area contributed by atoms with Crippen LogP contribution in [0.15, 0.2) is 29.3 Å². The Morgan fingerprint density at radius 1 is 1.26 bits per heavy atom. The first-order chi connectivity index (χ1) is 10.7. The highest BCUT2D eigenvalue weighted by Gasteiger charge is 2.34. The topological polar surface area (TPSA) is 39.7 Å². The van der Waals surface area contributed by atoms with Gasteiger partial charge in [0, 0.05) is 32.7 Å². The molecule has 0 radical (unpaired) electrons. The fourth-order valence-corrected chi connectivity index (χ4v) is 3.27. The van der Waals surface area contributed by atoms with E-state index < -0.39 is 0 Å². The van der Waals surface area contributed by atoms with Crippen LogP contribution in [0.3, 0.4) is 0 Å². The first kappa shape index (κ1) is 18.5. The molecule has 2 N–H and O–H groups in total. The second-order valence-electron chi connectivity index (χ2n) is 6.68. The molecule has 0 spiro atoms. The minimum absolute atomic E-state index is 0. The Morgan fingerprint density at radius 3 is 2.78 bits per heavy atom. The maximum atomic E-state index is 4.33. The summed E-state index contributed by atoms with van der Waals surface area (Å²) in [6.07, 6.45) is 4.15. The second-order valence-corrected chi connectivity index (χ2v) is 6.68. The van der Waals surface area contributed by atoms with E-state index in [-0.39, 0.29) is 24.0 Å². The Balaban J connectivity index is 0.00000192. The van der Waals surface area contributed by atoms with Gasteiger partial charge in [-0.05, 0) is 44.2 Å². The largest absolute Gasteiger partial charge is 0.356 e. The van der Waals surface area contributed by atoms with Crippen LogP contribution in [0.4, 0.5) is 0 Å². The van der Waals surface area contributed by atoms with Gasteiger partial charge in [-0.25, -0.2) is 0 Å². The zero-order valence-corrected chi connectivity index (χ0v) is 16.5. The molecule has 2 aliphatic rings. The van der Waals surface area contributed by atoms with Gasteiger partial charge in [0.15, 0.2) is 5.96 Å². The highest BCUT2D eigenvalue weighted by atomic mass is 127. The number of nitrogens with one attached hydrogen (secondary N) is 2. The highest BCUT2D eigenvalue weighted by Crippen LogP contribution is 2.31. The van der Waals surface area contributed by atoms with Crippen LogP contribution in [0.2, 0.25) is 0 Å². The van der Waals surface area contributed by atoms with Crippen LogP contribution in [-0.2, 0) is 6.54 Å². The maximum absolute atomic E-state index is 4.33. The molecule has 5 heteroatoms. The number of aryl methyl sites for hydroxylation is 1. The number of nitrogens with zero attached hydrogens (tertiary/aromatic N) is 2. The van der Waals surface area contributed by atoms with E-state index in [1.54, 1.807) is 0 Å². The zero-order valence-electron chi connectivity index (χ0n) is 14.2. The Hall–Kier alpha value is -0.820. The molecular formula is C18H29IN4. The van der Waals surface area contributed by atoms with E-state index in [9.17, 15) is 0 Å². The Kier molecular flexibility index (Phi) is 7.14. The summed E-state index contributed by atoms with van der Waals surface area (Å²) >= 11 is 0. The van der Waals surface area contributed by atoms with Crippen LogP contribution in [0.5, 0.6) is 0 Å². The van der Waals surface area contributed by atoms with Gasteiger partial charge in [0.2, 0.25) is 0 Å². The second kappa shape index (κ2) is 8.87. The SMILES string of the molecule is CN=C(NCc1cccc(C)c1)NCC1CCN(C2CC2)C1.I. The van der Waals surface area contributed by atoms with Crippen molar-refractivity contribution in [3.05, 3.63) is 35.4 Å². The summed E-state index contributed by atoms with van der Waals surface area (Å²) < 4.78 is 0. The van der Waals surface area contributed by atoms with E-state index in [1.807, 2.05) is 7.05 Å². The number of rotatable bonds is 5. The molecule has 1 saturated carbocycles. The number of benzene rings is 1. The van der Waals surface area contributed by atoms with Gasteiger partial charge in [-0.15, -0.1) is 24.0 Å². The molecule has 128 valence electrons. The summed E-state index contributed by atoms with van der Waals surface area (Å²) in [5.74, 6) is 1.67. The molecule has 1 saturated heterocycles. The van der Waals surface area contributed by atoms with E-state index >= 15 is 0 Å². The molecule has 0 bridgehead atoms. The molecule has 1 atom stereocenters. The molecule has 1 heterocycles. The summed E-state index contributed by atoms with van der Waals surface area (Å²) in [5, 5.41) is 6.90. The lowest BCUT2D eigenvalue weighted by molar-refractivity contribution is 0.314. The predicted octanol–water partition coefficient (Wildman–Crippen LogP) is 2.76. The van der Waals surface area contributed by atoms with Crippen molar-refractivity contribution in [1.29, 1.82) is 0 Å². The number of guanidine groups is 1. The third-order valence-corrected chi connectivity index (χ3v) is 4.70. The van der Waals surface area contributed by atoms with Crippen molar-refractivity contribution >= 4 is 29.9 Å². The van der Waals surface area contributed by atoms with Gasteiger partial charge in [-0.3, -0.25) is 4.99 Å². The van der Waals surface area contributed by atoms with Crippen molar-refractivity contribution in [2.75, 3.05) is 26.7 Å². The van der Waals surface area contributed by atoms with Crippen LogP contribution in [0.25, 0.3) is 0 Å². The molecule has 23 heavy (non-hydrogen) atoms. The minimum atomic E-state index is 0. The molecule has 1 aliphatic carbocycles. The van der Waals surface area contributed by atoms with Gasteiger partial charge in [0.25, 0.3) is 0 Å². The van der Waals surface area contributed by atoms with E-state index in [4.69, 9.17) is 0 Å². The van der Waals surface area contributed by atoms with Gasteiger partial charge < -0.3 is 15.5 Å². The van der Waals surface area contributed by atoms with E-state index in [0.29, 0.717) is 0 Å². The van der Waals surface area contributed by atoms with Crippen molar-refractivity contribution in [3.63, 3.8) is 0 Å².